The molecule has 3 aliphatic rings. The van der Waals surface area contributed by atoms with Crippen molar-refractivity contribution in [3.8, 4) is 5.75 Å². The lowest BCUT2D eigenvalue weighted by molar-refractivity contribution is -0.339. The van der Waals surface area contributed by atoms with Gasteiger partial charge in [-0.2, -0.15) is 0 Å². The number of hydrogen-bond acceptors (Lipinski definition) is 10. The van der Waals surface area contributed by atoms with Crippen molar-refractivity contribution in [2.24, 2.45) is 11.8 Å². The lowest BCUT2D eigenvalue weighted by Gasteiger charge is -2.42. The fourth-order valence-electron chi connectivity index (χ4n) is 4.14. The second-order valence-corrected chi connectivity index (χ2v) is 7.99. The zero-order valence-corrected chi connectivity index (χ0v) is 17.1. The molecule has 0 amide bonds. The van der Waals surface area contributed by atoms with Crippen LogP contribution >= 0.6 is 0 Å². The van der Waals surface area contributed by atoms with Crippen molar-refractivity contribution in [1.82, 2.24) is 0 Å². The average Bonchev–Trinajstić information content (AvgIpc) is 3.22. The minimum absolute atomic E-state index is 0.00732. The van der Waals surface area contributed by atoms with Gasteiger partial charge in [-0.25, -0.2) is 4.79 Å². The lowest BCUT2D eigenvalue weighted by Crippen LogP contribution is -2.60. The summed E-state index contributed by atoms with van der Waals surface area (Å²) >= 11 is 0. The van der Waals surface area contributed by atoms with E-state index in [1.807, 2.05) is 12.2 Å². The summed E-state index contributed by atoms with van der Waals surface area (Å²) in [6.07, 6.45) is -2.01. The lowest BCUT2D eigenvalue weighted by atomic mass is 9.89. The Labute approximate surface area is 183 Å². The molecule has 10 heteroatoms. The second-order valence-electron chi connectivity index (χ2n) is 7.99. The number of aliphatic hydroxyl groups excluding tert-OH is 4. The van der Waals surface area contributed by atoms with E-state index in [9.17, 15) is 30.3 Å². The van der Waals surface area contributed by atoms with Gasteiger partial charge in [0.2, 0.25) is 6.29 Å². The smallest absolute Gasteiger partial charge is 0.338 e. The van der Waals surface area contributed by atoms with Crippen LogP contribution in [0.1, 0.15) is 16.8 Å². The number of aromatic hydroxyl groups is 1. The SMILES string of the molecule is O=C(OCC1=CC[C@@H]2C=CO[C@@H](O[C@@H]3O[C@H](CO)[C@@H](O)[C@H](O)[C@H]3O)[C@H]12)c1ccc(O)cc1. The van der Waals surface area contributed by atoms with Crippen LogP contribution < -0.4 is 0 Å². The summed E-state index contributed by atoms with van der Waals surface area (Å²) in [6, 6.07) is 5.71. The summed E-state index contributed by atoms with van der Waals surface area (Å²) in [5.74, 6) is -0.823. The summed E-state index contributed by atoms with van der Waals surface area (Å²) in [7, 11) is 0. The molecule has 8 atom stereocenters. The number of carbonyl (C=O) groups excluding carboxylic acids is 1. The number of phenolic OH excluding ortho intramolecular Hbond substituents is 1. The Morgan fingerprint density at radius 3 is 2.53 bits per heavy atom. The van der Waals surface area contributed by atoms with Crippen molar-refractivity contribution >= 4 is 5.97 Å². The third-order valence-corrected chi connectivity index (χ3v) is 5.96. The molecule has 0 saturated carbocycles. The van der Waals surface area contributed by atoms with Crippen molar-refractivity contribution in [2.75, 3.05) is 13.2 Å². The Kier molecular flexibility index (Phi) is 6.79. The van der Waals surface area contributed by atoms with Crippen molar-refractivity contribution < 1.29 is 49.3 Å². The maximum absolute atomic E-state index is 12.3. The highest BCUT2D eigenvalue weighted by atomic mass is 16.8. The van der Waals surface area contributed by atoms with Gasteiger partial charge in [-0.1, -0.05) is 6.08 Å². The fraction of sp³-hybridized carbons (Fsp3) is 0.500. The van der Waals surface area contributed by atoms with Crippen LogP contribution in [0, 0.1) is 11.8 Å². The molecule has 1 aromatic carbocycles. The summed E-state index contributed by atoms with van der Waals surface area (Å²) in [6.45, 7) is -0.576. The molecule has 32 heavy (non-hydrogen) atoms. The number of ether oxygens (including phenoxy) is 4. The second kappa shape index (κ2) is 9.57. The number of allylic oxidation sites excluding steroid dienone is 2. The van der Waals surface area contributed by atoms with Gasteiger partial charge in [-0.3, -0.25) is 0 Å². The van der Waals surface area contributed by atoms with Crippen LogP contribution in [0.15, 0.2) is 48.3 Å². The van der Waals surface area contributed by atoms with Gasteiger partial charge in [-0.05, 0) is 48.3 Å². The topological polar surface area (TPSA) is 155 Å². The third kappa shape index (κ3) is 4.51. The number of rotatable bonds is 6. The summed E-state index contributed by atoms with van der Waals surface area (Å²) < 4.78 is 22.2. The molecular weight excluding hydrogens is 424 g/mol. The third-order valence-electron chi connectivity index (χ3n) is 5.96. The van der Waals surface area contributed by atoms with E-state index < -0.39 is 49.6 Å². The monoisotopic (exact) mass is 450 g/mol. The van der Waals surface area contributed by atoms with Gasteiger partial charge in [0, 0.05) is 0 Å². The van der Waals surface area contributed by atoms with Gasteiger partial charge >= 0.3 is 5.97 Å². The molecule has 0 unspecified atom stereocenters. The molecule has 5 N–H and O–H groups in total. The van der Waals surface area contributed by atoms with Gasteiger partial charge in [0.1, 0.15) is 36.8 Å². The van der Waals surface area contributed by atoms with Gasteiger partial charge in [0.25, 0.3) is 0 Å². The largest absolute Gasteiger partial charge is 0.508 e. The van der Waals surface area contributed by atoms with E-state index in [0.29, 0.717) is 12.0 Å². The van der Waals surface area contributed by atoms with E-state index in [4.69, 9.17) is 18.9 Å². The first-order chi connectivity index (χ1) is 15.4. The summed E-state index contributed by atoms with van der Waals surface area (Å²) in [5.41, 5.74) is 1.06. The quantitative estimate of drug-likeness (QED) is 0.291. The maximum Gasteiger partial charge on any atom is 0.338 e. The molecule has 1 fully saturated rings. The van der Waals surface area contributed by atoms with Crippen LogP contribution in [0.3, 0.4) is 0 Å². The predicted octanol–water partition coefficient (Wildman–Crippen LogP) is -0.202. The molecule has 4 rings (SSSR count). The molecular formula is C22H26O10. The highest BCUT2D eigenvalue weighted by molar-refractivity contribution is 5.89. The summed E-state index contributed by atoms with van der Waals surface area (Å²) in [4.78, 5) is 12.3. The van der Waals surface area contributed by atoms with Crippen molar-refractivity contribution in [3.05, 3.63) is 53.8 Å². The molecule has 1 aliphatic carbocycles. The minimum Gasteiger partial charge on any atom is -0.508 e. The van der Waals surface area contributed by atoms with E-state index in [1.54, 1.807) is 0 Å². The number of hydrogen-bond donors (Lipinski definition) is 5. The Morgan fingerprint density at radius 1 is 1.06 bits per heavy atom. The number of esters is 1. The predicted molar refractivity (Wildman–Crippen MR) is 107 cm³/mol. The maximum atomic E-state index is 12.3. The first-order valence-electron chi connectivity index (χ1n) is 10.3. The van der Waals surface area contributed by atoms with Crippen molar-refractivity contribution in [1.29, 1.82) is 0 Å². The molecule has 0 bridgehead atoms. The minimum atomic E-state index is -1.56. The first kappa shape index (κ1) is 22.7. The van der Waals surface area contributed by atoms with E-state index >= 15 is 0 Å². The Bertz CT molecular complexity index is 864. The van der Waals surface area contributed by atoms with Crippen LogP contribution in [-0.4, -0.2) is 81.7 Å². The number of benzene rings is 1. The number of aliphatic hydroxyl groups is 4. The molecule has 0 radical (unpaired) electrons. The summed E-state index contributed by atoms with van der Waals surface area (Å²) in [5, 5.41) is 48.9. The Hall–Kier alpha value is -2.47. The molecule has 174 valence electrons. The Morgan fingerprint density at radius 2 is 1.81 bits per heavy atom. The molecule has 0 aromatic heterocycles. The molecule has 10 nitrogen and oxygen atoms in total. The normalized spacial score (nSPS) is 36.2. The van der Waals surface area contributed by atoms with Gasteiger partial charge in [0.05, 0.1) is 24.4 Å². The molecule has 0 spiro atoms. The molecule has 1 saturated heterocycles. The standard InChI is InChI=1S/C22H26O10/c23-9-15-17(25)18(26)19(27)22(31-15)32-21-16-11(7-8-29-21)1-2-13(16)10-30-20(28)12-3-5-14(24)6-4-12/h2-8,11,15-19,21-27H,1,9-10H2/t11-,15-,16+,17-,18+,19-,21+,22+/m1/s1. The van der Waals surface area contributed by atoms with E-state index in [1.165, 1.54) is 30.5 Å². The van der Waals surface area contributed by atoms with Crippen molar-refractivity contribution in [3.63, 3.8) is 0 Å². The van der Waals surface area contributed by atoms with Crippen LogP contribution in [0.4, 0.5) is 0 Å². The first-order valence-corrected chi connectivity index (χ1v) is 10.3. The number of fused-ring (bicyclic) bond motifs is 1. The highest BCUT2D eigenvalue weighted by Crippen LogP contribution is 2.41. The zero-order valence-electron chi connectivity index (χ0n) is 17.1. The van der Waals surface area contributed by atoms with Crippen LogP contribution in [-0.2, 0) is 18.9 Å². The number of phenols is 1. The van der Waals surface area contributed by atoms with E-state index in [0.717, 1.165) is 5.57 Å². The van der Waals surface area contributed by atoms with Crippen molar-refractivity contribution in [2.45, 2.75) is 43.4 Å². The average molecular weight is 450 g/mol. The fourth-order valence-corrected chi connectivity index (χ4v) is 4.14. The highest BCUT2D eigenvalue weighted by Gasteiger charge is 2.47. The molecule has 1 aromatic rings. The van der Waals surface area contributed by atoms with Gasteiger partial charge in [-0.15, -0.1) is 0 Å². The molecule has 2 heterocycles. The number of carbonyl (C=O) groups is 1. The zero-order chi connectivity index (χ0) is 22.8. The van der Waals surface area contributed by atoms with Crippen LogP contribution in [0.25, 0.3) is 0 Å². The van der Waals surface area contributed by atoms with E-state index in [-0.39, 0.29) is 24.2 Å². The molecule has 2 aliphatic heterocycles. The van der Waals surface area contributed by atoms with Gasteiger partial charge in [0.15, 0.2) is 6.29 Å². The van der Waals surface area contributed by atoms with Crippen LogP contribution in [0.5, 0.6) is 5.75 Å². The Balaban J connectivity index is 1.42. The van der Waals surface area contributed by atoms with Gasteiger partial charge < -0.3 is 44.5 Å². The van der Waals surface area contributed by atoms with E-state index in [2.05, 4.69) is 0 Å². The van der Waals surface area contributed by atoms with Crippen LogP contribution in [0.2, 0.25) is 0 Å².